The van der Waals surface area contributed by atoms with Gasteiger partial charge in [-0.25, -0.2) is 0 Å². The first-order valence-corrected chi connectivity index (χ1v) is 9.77. The lowest BCUT2D eigenvalue weighted by molar-refractivity contribution is 0.0844. The van der Waals surface area contributed by atoms with Gasteiger partial charge in [-0.3, -0.25) is 15.0 Å². The van der Waals surface area contributed by atoms with E-state index in [0.29, 0.717) is 0 Å². The standard InChI is InChI=1S/C24H20N4O/c1-23(2)17-10-4-5-11-18(17)28(3)24(23)14-27-21-15-8-6-12-25-19(15)20-16(22(21)29-24)9-7-13-26-20/h4-14H,1-3H3/t24-/m1/s1. The summed E-state index contributed by atoms with van der Waals surface area (Å²) >= 11 is 0. The van der Waals surface area contributed by atoms with Gasteiger partial charge in [-0.2, -0.15) is 0 Å². The first-order valence-electron chi connectivity index (χ1n) is 9.77. The molecule has 29 heavy (non-hydrogen) atoms. The van der Waals surface area contributed by atoms with E-state index in [9.17, 15) is 0 Å². The molecule has 0 amide bonds. The predicted octanol–water partition coefficient (Wildman–Crippen LogP) is 5.00. The minimum atomic E-state index is -0.720. The van der Waals surface area contributed by atoms with E-state index in [1.54, 1.807) is 12.4 Å². The zero-order valence-electron chi connectivity index (χ0n) is 16.5. The van der Waals surface area contributed by atoms with E-state index >= 15 is 0 Å². The van der Waals surface area contributed by atoms with Crippen LogP contribution in [0, 0.1) is 0 Å². The maximum absolute atomic E-state index is 6.92. The van der Waals surface area contributed by atoms with E-state index in [0.717, 1.165) is 38.9 Å². The molecular formula is C24H20N4O. The summed E-state index contributed by atoms with van der Waals surface area (Å²) < 4.78 is 6.92. The van der Waals surface area contributed by atoms with Crippen molar-refractivity contribution in [2.24, 2.45) is 4.99 Å². The number of pyridine rings is 2. The van der Waals surface area contributed by atoms with Gasteiger partial charge in [-0.1, -0.05) is 18.2 Å². The Morgan fingerprint density at radius 3 is 2.31 bits per heavy atom. The molecular weight excluding hydrogens is 360 g/mol. The van der Waals surface area contributed by atoms with Crippen molar-refractivity contribution >= 4 is 39.4 Å². The van der Waals surface area contributed by atoms with E-state index in [2.05, 4.69) is 60.0 Å². The van der Waals surface area contributed by atoms with Gasteiger partial charge in [0.1, 0.15) is 11.2 Å². The Labute approximate surface area is 168 Å². The molecule has 0 bridgehead atoms. The van der Waals surface area contributed by atoms with Crippen molar-refractivity contribution in [1.29, 1.82) is 0 Å². The van der Waals surface area contributed by atoms with E-state index < -0.39 is 5.72 Å². The third kappa shape index (κ3) is 1.87. The minimum absolute atomic E-state index is 0.294. The van der Waals surface area contributed by atoms with Gasteiger partial charge in [-0.05, 0) is 49.7 Å². The van der Waals surface area contributed by atoms with Crippen molar-refractivity contribution in [2.75, 3.05) is 11.9 Å². The molecule has 5 nitrogen and oxygen atoms in total. The fraction of sp³-hybridized carbons (Fsp3) is 0.208. The number of anilines is 1. The molecule has 0 radical (unpaired) electrons. The molecule has 2 aromatic carbocycles. The summed E-state index contributed by atoms with van der Waals surface area (Å²) in [7, 11) is 2.08. The minimum Gasteiger partial charge on any atom is -0.459 e. The predicted molar refractivity (Wildman–Crippen MR) is 116 cm³/mol. The van der Waals surface area contributed by atoms with Crippen LogP contribution in [-0.2, 0) is 5.41 Å². The number of fused-ring (bicyclic) bond motifs is 7. The van der Waals surface area contributed by atoms with E-state index in [1.165, 1.54) is 5.56 Å². The van der Waals surface area contributed by atoms with Crippen LogP contribution in [0.25, 0.3) is 21.8 Å². The molecule has 2 aliphatic heterocycles. The Kier molecular flexibility index (Phi) is 3.02. The molecule has 1 spiro atoms. The average molecular weight is 380 g/mol. The Morgan fingerprint density at radius 1 is 0.862 bits per heavy atom. The Balaban J connectivity index is 1.67. The van der Waals surface area contributed by atoms with Crippen LogP contribution < -0.4 is 9.64 Å². The lowest BCUT2D eigenvalue weighted by Crippen LogP contribution is -2.61. The summed E-state index contributed by atoms with van der Waals surface area (Å²) in [6.45, 7) is 4.44. The van der Waals surface area contributed by atoms with Gasteiger partial charge < -0.3 is 9.64 Å². The zero-order chi connectivity index (χ0) is 19.8. The topological polar surface area (TPSA) is 50.6 Å². The number of hydrogen-bond acceptors (Lipinski definition) is 5. The fourth-order valence-electron chi connectivity index (χ4n) is 4.91. The molecule has 0 unspecified atom stereocenters. The third-order valence-corrected chi connectivity index (χ3v) is 6.51. The van der Waals surface area contributed by atoms with Crippen molar-refractivity contribution in [1.82, 2.24) is 9.97 Å². The van der Waals surface area contributed by atoms with Crippen LogP contribution in [0.15, 0.2) is 65.9 Å². The van der Waals surface area contributed by atoms with Crippen LogP contribution in [0.1, 0.15) is 19.4 Å². The van der Waals surface area contributed by atoms with Crippen molar-refractivity contribution in [3.05, 3.63) is 66.5 Å². The lowest BCUT2D eigenvalue weighted by atomic mass is 9.77. The number of ether oxygens (including phenoxy) is 1. The Morgan fingerprint density at radius 2 is 1.55 bits per heavy atom. The average Bonchev–Trinajstić information content (AvgIpc) is 2.93. The third-order valence-electron chi connectivity index (χ3n) is 6.51. The molecule has 2 aromatic heterocycles. The van der Waals surface area contributed by atoms with Crippen LogP contribution in [0.2, 0.25) is 0 Å². The zero-order valence-corrected chi connectivity index (χ0v) is 16.5. The van der Waals surface area contributed by atoms with Gasteiger partial charge >= 0.3 is 0 Å². The second-order valence-corrected chi connectivity index (χ2v) is 8.23. The highest BCUT2D eigenvalue weighted by Gasteiger charge is 2.58. The van der Waals surface area contributed by atoms with Gasteiger partial charge in [0.05, 0.1) is 17.1 Å². The van der Waals surface area contributed by atoms with Crippen LogP contribution in [0.4, 0.5) is 11.4 Å². The normalized spacial score (nSPS) is 21.4. The smallest absolute Gasteiger partial charge is 0.228 e. The van der Waals surface area contributed by atoms with E-state index in [4.69, 9.17) is 9.73 Å². The fourth-order valence-corrected chi connectivity index (χ4v) is 4.91. The molecule has 0 aliphatic carbocycles. The van der Waals surface area contributed by atoms with Crippen LogP contribution >= 0.6 is 0 Å². The van der Waals surface area contributed by atoms with Crippen LogP contribution in [0.5, 0.6) is 5.75 Å². The molecule has 0 N–H and O–H groups in total. The van der Waals surface area contributed by atoms with Crippen molar-refractivity contribution in [3.8, 4) is 5.75 Å². The maximum Gasteiger partial charge on any atom is 0.228 e. The Hall–Kier alpha value is -3.47. The van der Waals surface area contributed by atoms with Gasteiger partial charge in [0.2, 0.25) is 5.72 Å². The second-order valence-electron chi connectivity index (χ2n) is 8.23. The summed E-state index contributed by atoms with van der Waals surface area (Å²) in [4.78, 5) is 16.4. The highest BCUT2D eigenvalue weighted by Crippen LogP contribution is 2.55. The Bertz CT molecular complexity index is 1340. The number of aromatic nitrogens is 2. The largest absolute Gasteiger partial charge is 0.459 e. The van der Waals surface area contributed by atoms with Crippen LogP contribution in [-0.4, -0.2) is 29.0 Å². The molecule has 4 aromatic rings. The summed E-state index contributed by atoms with van der Waals surface area (Å²) in [6, 6.07) is 16.4. The van der Waals surface area contributed by atoms with Crippen molar-refractivity contribution < 1.29 is 4.74 Å². The molecule has 5 heteroatoms. The lowest BCUT2D eigenvalue weighted by Gasteiger charge is -2.45. The summed E-state index contributed by atoms with van der Waals surface area (Å²) in [5, 5.41) is 1.89. The molecule has 4 heterocycles. The molecule has 2 aliphatic rings. The number of hydrogen-bond donors (Lipinski definition) is 0. The van der Waals surface area contributed by atoms with Crippen molar-refractivity contribution in [2.45, 2.75) is 25.0 Å². The first kappa shape index (κ1) is 16.5. The van der Waals surface area contributed by atoms with Crippen molar-refractivity contribution in [3.63, 3.8) is 0 Å². The highest BCUT2D eigenvalue weighted by molar-refractivity contribution is 6.14. The molecule has 0 fully saturated rings. The number of benzene rings is 2. The summed E-state index contributed by atoms with van der Waals surface area (Å²) in [6.07, 6.45) is 5.55. The molecule has 0 saturated heterocycles. The number of aliphatic imine (C=N–C) groups is 1. The van der Waals surface area contributed by atoms with Gasteiger partial charge in [0.15, 0.2) is 5.75 Å². The van der Waals surface area contributed by atoms with Crippen LogP contribution in [0.3, 0.4) is 0 Å². The number of likely N-dealkylation sites (N-methyl/N-ethyl adjacent to an activating group) is 1. The van der Waals surface area contributed by atoms with Gasteiger partial charge in [0, 0.05) is 35.9 Å². The molecule has 0 saturated carbocycles. The number of rotatable bonds is 0. The maximum atomic E-state index is 6.92. The quantitative estimate of drug-likeness (QED) is 0.403. The highest BCUT2D eigenvalue weighted by atomic mass is 16.5. The van der Waals surface area contributed by atoms with Gasteiger partial charge in [-0.15, -0.1) is 0 Å². The first-order chi connectivity index (χ1) is 14.0. The molecule has 1 atom stereocenters. The second kappa shape index (κ2) is 5.32. The molecule has 142 valence electrons. The van der Waals surface area contributed by atoms with E-state index in [-0.39, 0.29) is 5.41 Å². The SMILES string of the molecule is CN1c2ccccc2C(C)(C)[C@]12C=Nc1c(c3cccnc3c3ncccc13)O2. The monoisotopic (exact) mass is 380 g/mol. The summed E-state index contributed by atoms with van der Waals surface area (Å²) in [5.74, 6) is 0.767. The van der Waals surface area contributed by atoms with Gasteiger partial charge in [0.25, 0.3) is 0 Å². The number of para-hydroxylation sites is 1. The molecule has 6 rings (SSSR count). The number of nitrogens with zero attached hydrogens (tertiary/aromatic N) is 4. The van der Waals surface area contributed by atoms with E-state index in [1.807, 2.05) is 30.5 Å². The summed E-state index contributed by atoms with van der Waals surface area (Å²) in [5.41, 5.74) is 3.91.